The molecule has 0 radical (unpaired) electrons. The molecule has 0 heterocycles. The van der Waals surface area contributed by atoms with Crippen molar-refractivity contribution in [1.82, 2.24) is 0 Å². The first kappa shape index (κ1) is 10.2. The maximum atomic E-state index is 11.5. The summed E-state index contributed by atoms with van der Waals surface area (Å²) in [5.41, 5.74) is 0. The minimum atomic E-state index is -4.16. The molecule has 6 heteroatoms. The zero-order valence-corrected chi connectivity index (χ0v) is 9.25. The Kier molecular flexibility index (Phi) is 3.11. The lowest BCUT2D eigenvalue weighted by Gasteiger charge is -2.18. The molecule has 0 spiro atoms. The van der Waals surface area contributed by atoms with E-state index in [1.54, 1.807) is 13.1 Å². The van der Waals surface area contributed by atoms with Gasteiger partial charge in [0.1, 0.15) is 6.61 Å². The van der Waals surface area contributed by atoms with Crippen LogP contribution in [-0.2, 0) is 4.43 Å². The summed E-state index contributed by atoms with van der Waals surface area (Å²) in [6, 6.07) is 0. The Labute approximate surface area is 61.9 Å². The smallest absolute Gasteiger partial charge is 0.410 e. The Balaban J connectivity index is 3.56. The van der Waals surface area contributed by atoms with Crippen molar-refractivity contribution in [3.8, 4) is 0 Å². The molecule has 0 atom stereocenters. The highest BCUT2D eigenvalue weighted by Crippen LogP contribution is 2.16. The van der Waals surface area contributed by atoms with Gasteiger partial charge in [0, 0.05) is 9.76 Å². The molecule has 10 heavy (non-hydrogen) atoms. The third-order valence-electron chi connectivity index (χ3n) is 0.669. The van der Waals surface area contributed by atoms with Crippen molar-refractivity contribution in [1.29, 1.82) is 0 Å². The molecule has 0 aromatic heterocycles. The highest BCUT2D eigenvalue weighted by atomic mass is 29.2. The van der Waals surface area contributed by atoms with Gasteiger partial charge >= 0.3 is 6.18 Å². The molecule has 0 rings (SSSR count). The van der Waals surface area contributed by atoms with Crippen LogP contribution in [0.25, 0.3) is 0 Å². The third-order valence-corrected chi connectivity index (χ3v) is 2.55. The fourth-order valence-electron chi connectivity index (χ4n) is 0.298. The number of halogens is 3. The van der Waals surface area contributed by atoms with Crippen molar-refractivity contribution in [3.05, 3.63) is 0 Å². The van der Waals surface area contributed by atoms with Gasteiger partial charge in [0.15, 0.2) is 7.83 Å². The van der Waals surface area contributed by atoms with Gasteiger partial charge in [-0.25, -0.2) is 0 Å². The van der Waals surface area contributed by atoms with Crippen LogP contribution in [0.15, 0.2) is 0 Å². The summed E-state index contributed by atoms with van der Waals surface area (Å²) < 4.78 is 39.2. The molecule has 0 aliphatic heterocycles. The van der Waals surface area contributed by atoms with Crippen molar-refractivity contribution >= 4 is 17.6 Å². The Morgan fingerprint density at radius 2 is 1.80 bits per heavy atom. The Bertz CT molecular complexity index is 92.1. The summed E-state index contributed by atoms with van der Waals surface area (Å²) in [6.45, 7) is 2.49. The standard InChI is InChI=1S/C4H11F3OSi2/c1-10(2,9)8-3-4(5,6)7/h3H2,1-2,9H3. The minimum absolute atomic E-state index is 0.738. The van der Waals surface area contributed by atoms with Gasteiger partial charge in [0.2, 0.25) is 0 Å². The Morgan fingerprint density at radius 3 is 1.90 bits per heavy atom. The van der Waals surface area contributed by atoms with Gasteiger partial charge in [0.05, 0.1) is 0 Å². The second kappa shape index (κ2) is 3.06. The molecule has 0 aliphatic rings. The van der Waals surface area contributed by atoms with Gasteiger partial charge in [-0.15, -0.1) is 0 Å². The molecule has 62 valence electrons. The minimum Gasteiger partial charge on any atom is -0.412 e. The monoisotopic (exact) mass is 188 g/mol. The van der Waals surface area contributed by atoms with Gasteiger partial charge in [-0.1, -0.05) is 0 Å². The average molecular weight is 188 g/mol. The van der Waals surface area contributed by atoms with E-state index in [9.17, 15) is 13.2 Å². The van der Waals surface area contributed by atoms with Crippen molar-refractivity contribution in [3.63, 3.8) is 0 Å². The first-order chi connectivity index (χ1) is 4.21. The lowest BCUT2D eigenvalue weighted by atomic mass is 10.7. The van der Waals surface area contributed by atoms with E-state index < -0.39 is 20.6 Å². The average Bonchev–Trinajstić information content (AvgIpc) is 1.57. The SMILES string of the molecule is C[Si](C)([SiH3])OCC(F)(F)F. The van der Waals surface area contributed by atoms with E-state index in [-0.39, 0.29) is 0 Å². The van der Waals surface area contributed by atoms with Gasteiger partial charge < -0.3 is 4.43 Å². The zero-order chi connectivity index (χ0) is 8.41. The van der Waals surface area contributed by atoms with Crippen LogP contribution in [0.2, 0.25) is 13.1 Å². The number of hydrogen-bond donors (Lipinski definition) is 0. The lowest BCUT2D eigenvalue weighted by molar-refractivity contribution is -0.154. The number of alkyl halides is 3. The van der Waals surface area contributed by atoms with Crippen LogP contribution in [0, 0.1) is 0 Å². The van der Waals surface area contributed by atoms with Gasteiger partial charge in [0.25, 0.3) is 0 Å². The van der Waals surface area contributed by atoms with Crippen LogP contribution in [0.4, 0.5) is 13.2 Å². The Hall–Kier alpha value is 0.184. The van der Waals surface area contributed by atoms with E-state index in [0.29, 0.717) is 0 Å². The highest BCUT2D eigenvalue weighted by molar-refractivity contribution is 7.12. The molecule has 0 aromatic carbocycles. The molecule has 0 N–H and O–H groups in total. The Morgan fingerprint density at radius 1 is 1.40 bits per heavy atom. The highest BCUT2D eigenvalue weighted by Gasteiger charge is 2.30. The van der Waals surface area contributed by atoms with Crippen LogP contribution in [-0.4, -0.2) is 30.4 Å². The fourth-order valence-corrected chi connectivity index (χ4v) is 1.33. The van der Waals surface area contributed by atoms with E-state index in [0.717, 1.165) is 9.76 Å². The molecule has 0 fully saturated rings. The quantitative estimate of drug-likeness (QED) is 0.578. The largest absolute Gasteiger partial charge is 0.412 e. The first-order valence-corrected chi connectivity index (χ1v) is 9.32. The zero-order valence-electron chi connectivity index (χ0n) is 6.25. The topological polar surface area (TPSA) is 9.23 Å². The van der Waals surface area contributed by atoms with Crippen LogP contribution in [0.1, 0.15) is 0 Å². The van der Waals surface area contributed by atoms with E-state index in [4.69, 9.17) is 0 Å². The van der Waals surface area contributed by atoms with Crippen molar-refractivity contribution < 1.29 is 17.6 Å². The molecule has 0 unspecified atom stereocenters. The molecule has 0 saturated carbocycles. The molecule has 0 aliphatic carbocycles. The summed E-state index contributed by atoms with van der Waals surface area (Å²) in [5, 5.41) is 0. The normalized spacial score (nSPS) is 14.1. The van der Waals surface area contributed by atoms with E-state index in [1.165, 1.54) is 0 Å². The number of rotatable bonds is 2. The second-order valence-corrected chi connectivity index (χ2v) is 14.8. The molecule has 1 nitrogen and oxygen atoms in total. The number of hydrogen-bond acceptors (Lipinski definition) is 1. The van der Waals surface area contributed by atoms with Crippen LogP contribution in [0.3, 0.4) is 0 Å². The molecular formula is C4H11F3OSi2. The molecule has 0 saturated heterocycles. The lowest BCUT2D eigenvalue weighted by Crippen LogP contribution is -2.35. The van der Waals surface area contributed by atoms with E-state index in [2.05, 4.69) is 4.43 Å². The molecule has 0 amide bonds. The fraction of sp³-hybridized carbons (Fsp3) is 1.00. The third kappa shape index (κ3) is 8.18. The van der Waals surface area contributed by atoms with Crippen molar-refractivity contribution in [2.75, 3.05) is 6.61 Å². The molecule has 0 aromatic rings. The molecule has 0 bridgehead atoms. The summed E-state index contributed by atoms with van der Waals surface area (Å²) >= 11 is 0. The van der Waals surface area contributed by atoms with Crippen molar-refractivity contribution in [2.24, 2.45) is 0 Å². The molecular weight excluding hydrogens is 177 g/mol. The first-order valence-electron chi connectivity index (χ1n) is 2.91. The van der Waals surface area contributed by atoms with Gasteiger partial charge in [-0.05, 0) is 13.1 Å². The second-order valence-electron chi connectivity index (χ2n) is 3.02. The van der Waals surface area contributed by atoms with E-state index >= 15 is 0 Å². The maximum Gasteiger partial charge on any atom is 0.410 e. The van der Waals surface area contributed by atoms with Crippen LogP contribution in [0.5, 0.6) is 0 Å². The van der Waals surface area contributed by atoms with Crippen LogP contribution < -0.4 is 0 Å². The summed E-state index contributed by atoms with van der Waals surface area (Å²) in [6.07, 6.45) is -4.16. The van der Waals surface area contributed by atoms with Gasteiger partial charge in [-0.2, -0.15) is 13.2 Å². The van der Waals surface area contributed by atoms with Crippen molar-refractivity contribution in [2.45, 2.75) is 19.3 Å². The predicted molar refractivity (Wildman–Crippen MR) is 39.4 cm³/mol. The maximum absolute atomic E-state index is 11.5. The summed E-state index contributed by atoms with van der Waals surface area (Å²) in [7, 11) is -1.11. The van der Waals surface area contributed by atoms with Gasteiger partial charge in [-0.3, -0.25) is 0 Å². The van der Waals surface area contributed by atoms with E-state index in [1.807, 2.05) is 0 Å². The summed E-state index contributed by atoms with van der Waals surface area (Å²) in [5.74, 6) is 0. The predicted octanol–water partition coefficient (Wildman–Crippen LogP) is 0.632. The van der Waals surface area contributed by atoms with Crippen LogP contribution >= 0.6 is 0 Å². The summed E-state index contributed by atoms with van der Waals surface area (Å²) in [4.78, 5) is 0.